The van der Waals surface area contributed by atoms with Crippen molar-refractivity contribution in [3.63, 3.8) is 0 Å². The van der Waals surface area contributed by atoms with Gasteiger partial charge in [-0.15, -0.1) is 0 Å². The Morgan fingerprint density at radius 1 is 1.10 bits per heavy atom. The summed E-state index contributed by atoms with van der Waals surface area (Å²) in [6, 6.07) is 6.02. The molecule has 1 fully saturated rings. The average molecular weight is 315 g/mol. The van der Waals surface area contributed by atoms with Gasteiger partial charge in [-0.1, -0.05) is 61.4 Å². The van der Waals surface area contributed by atoms with Crippen molar-refractivity contribution in [3.8, 4) is 0 Å². The molecule has 1 aliphatic carbocycles. The molecule has 0 aliphatic heterocycles. The summed E-state index contributed by atoms with van der Waals surface area (Å²) in [7, 11) is 0. The van der Waals surface area contributed by atoms with E-state index in [0.29, 0.717) is 17.0 Å². The molecule has 4 heteroatoms. The molecule has 1 aromatic rings. The molecular formula is C16H24Cl2N2. The van der Waals surface area contributed by atoms with Crippen LogP contribution in [0.5, 0.6) is 0 Å². The second-order valence-corrected chi connectivity index (χ2v) is 6.66. The third-order valence-corrected chi connectivity index (χ3v) is 4.97. The van der Waals surface area contributed by atoms with Gasteiger partial charge in [0.2, 0.25) is 0 Å². The van der Waals surface area contributed by atoms with Crippen LogP contribution in [0.3, 0.4) is 0 Å². The summed E-state index contributed by atoms with van der Waals surface area (Å²) < 4.78 is 0. The standard InChI is InChI=1S/C16H24Cl2N2/c17-14-9-8-13(15(18)11-14)10-16(20-19)12-6-4-2-1-3-5-7-12/h8-9,11-12,16,20H,1-7,10,19H2. The normalized spacial score (nSPS) is 19.4. The van der Waals surface area contributed by atoms with Crippen LogP contribution >= 0.6 is 23.2 Å². The Morgan fingerprint density at radius 3 is 2.35 bits per heavy atom. The summed E-state index contributed by atoms with van der Waals surface area (Å²) in [6.45, 7) is 0. The van der Waals surface area contributed by atoms with Crippen LogP contribution in [-0.4, -0.2) is 6.04 Å². The first kappa shape index (κ1) is 16.1. The molecule has 1 unspecified atom stereocenters. The van der Waals surface area contributed by atoms with E-state index in [-0.39, 0.29) is 0 Å². The van der Waals surface area contributed by atoms with Gasteiger partial charge < -0.3 is 0 Å². The zero-order valence-electron chi connectivity index (χ0n) is 11.9. The lowest BCUT2D eigenvalue weighted by Gasteiger charge is -2.28. The summed E-state index contributed by atoms with van der Waals surface area (Å²) in [6.07, 6.45) is 10.1. The zero-order valence-corrected chi connectivity index (χ0v) is 13.4. The smallest absolute Gasteiger partial charge is 0.0453 e. The molecule has 1 atom stereocenters. The van der Waals surface area contributed by atoms with E-state index in [4.69, 9.17) is 29.0 Å². The van der Waals surface area contributed by atoms with Crippen LogP contribution in [0, 0.1) is 5.92 Å². The summed E-state index contributed by atoms with van der Waals surface area (Å²) in [5.41, 5.74) is 4.14. The quantitative estimate of drug-likeness (QED) is 0.623. The fourth-order valence-corrected chi connectivity index (χ4v) is 3.66. The van der Waals surface area contributed by atoms with E-state index in [2.05, 4.69) is 5.43 Å². The van der Waals surface area contributed by atoms with Crippen LogP contribution in [0.15, 0.2) is 18.2 Å². The molecule has 0 amide bonds. The Bertz CT molecular complexity index is 415. The third kappa shape index (κ3) is 4.63. The van der Waals surface area contributed by atoms with Gasteiger partial charge in [-0.3, -0.25) is 11.3 Å². The van der Waals surface area contributed by atoms with Gasteiger partial charge in [0.25, 0.3) is 0 Å². The molecule has 0 radical (unpaired) electrons. The van der Waals surface area contributed by atoms with Crippen molar-refractivity contribution in [1.29, 1.82) is 0 Å². The van der Waals surface area contributed by atoms with Crippen LogP contribution in [0.2, 0.25) is 10.0 Å². The lowest BCUT2D eigenvalue weighted by atomic mass is 9.83. The van der Waals surface area contributed by atoms with Crippen LogP contribution in [-0.2, 0) is 6.42 Å². The summed E-state index contributed by atoms with van der Waals surface area (Å²) in [4.78, 5) is 0. The van der Waals surface area contributed by atoms with Crippen LogP contribution in [0.25, 0.3) is 0 Å². The third-order valence-electron chi connectivity index (χ3n) is 4.39. The van der Waals surface area contributed by atoms with E-state index in [1.807, 2.05) is 18.2 Å². The fourth-order valence-electron chi connectivity index (χ4n) is 3.18. The second kappa shape index (κ2) is 8.23. The molecule has 1 aromatic carbocycles. The van der Waals surface area contributed by atoms with E-state index in [9.17, 15) is 0 Å². The van der Waals surface area contributed by atoms with Gasteiger partial charge in [0.1, 0.15) is 0 Å². The van der Waals surface area contributed by atoms with Crippen LogP contribution < -0.4 is 11.3 Å². The second-order valence-electron chi connectivity index (χ2n) is 5.82. The minimum Gasteiger partial charge on any atom is -0.271 e. The number of rotatable bonds is 4. The van der Waals surface area contributed by atoms with Crippen molar-refractivity contribution in [2.24, 2.45) is 11.8 Å². The van der Waals surface area contributed by atoms with Crippen molar-refractivity contribution in [1.82, 2.24) is 5.43 Å². The van der Waals surface area contributed by atoms with Gasteiger partial charge in [0.15, 0.2) is 0 Å². The topological polar surface area (TPSA) is 38.0 Å². The highest BCUT2D eigenvalue weighted by Gasteiger charge is 2.22. The summed E-state index contributed by atoms with van der Waals surface area (Å²) >= 11 is 12.2. The Kier molecular flexibility index (Phi) is 6.63. The number of hydrazine groups is 1. The van der Waals surface area contributed by atoms with Gasteiger partial charge in [-0.25, -0.2) is 0 Å². The average Bonchev–Trinajstić information content (AvgIpc) is 2.39. The molecule has 0 bridgehead atoms. The van der Waals surface area contributed by atoms with E-state index in [1.165, 1.54) is 44.9 Å². The van der Waals surface area contributed by atoms with Crippen LogP contribution in [0.1, 0.15) is 50.5 Å². The number of nitrogens with one attached hydrogen (secondary N) is 1. The van der Waals surface area contributed by atoms with Crippen molar-refractivity contribution in [2.45, 2.75) is 57.4 Å². The zero-order chi connectivity index (χ0) is 14.4. The number of nitrogens with two attached hydrogens (primary N) is 1. The molecule has 0 spiro atoms. The van der Waals surface area contributed by atoms with Crippen LogP contribution in [0.4, 0.5) is 0 Å². The Morgan fingerprint density at radius 2 is 1.75 bits per heavy atom. The molecule has 0 saturated heterocycles. The number of halogens is 2. The number of hydrogen-bond acceptors (Lipinski definition) is 2. The van der Waals surface area contributed by atoms with Crippen molar-refractivity contribution in [3.05, 3.63) is 33.8 Å². The maximum absolute atomic E-state index is 6.27. The monoisotopic (exact) mass is 314 g/mol. The molecule has 3 N–H and O–H groups in total. The fraction of sp³-hybridized carbons (Fsp3) is 0.625. The number of benzene rings is 1. The predicted molar refractivity (Wildman–Crippen MR) is 87.1 cm³/mol. The first-order chi connectivity index (χ1) is 9.70. The van der Waals surface area contributed by atoms with E-state index in [0.717, 1.165) is 17.0 Å². The molecule has 0 heterocycles. The summed E-state index contributed by atoms with van der Waals surface area (Å²) in [5.74, 6) is 6.45. The van der Waals surface area contributed by atoms with Gasteiger partial charge in [-0.2, -0.15) is 0 Å². The molecular weight excluding hydrogens is 291 g/mol. The van der Waals surface area contributed by atoms with Crippen molar-refractivity contribution in [2.75, 3.05) is 0 Å². The Hall–Kier alpha value is -0.280. The van der Waals surface area contributed by atoms with Crippen molar-refractivity contribution >= 4 is 23.2 Å². The molecule has 112 valence electrons. The molecule has 0 aromatic heterocycles. The highest BCUT2D eigenvalue weighted by Crippen LogP contribution is 2.28. The van der Waals surface area contributed by atoms with Gasteiger partial charge in [-0.05, 0) is 42.9 Å². The Balaban J connectivity index is 2.03. The maximum Gasteiger partial charge on any atom is 0.0453 e. The van der Waals surface area contributed by atoms with E-state index < -0.39 is 0 Å². The molecule has 20 heavy (non-hydrogen) atoms. The molecule has 1 saturated carbocycles. The predicted octanol–water partition coefficient (Wildman–Crippen LogP) is 4.73. The highest BCUT2D eigenvalue weighted by atomic mass is 35.5. The van der Waals surface area contributed by atoms with E-state index >= 15 is 0 Å². The van der Waals surface area contributed by atoms with Crippen molar-refractivity contribution < 1.29 is 0 Å². The highest BCUT2D eigenvalue weighted by molar-refractivity contribution is 6.35. The van der Waals surface area contributed by atoms with Gasteiger partial charge in [0, 0.05) is 16.1 Å². The maximum atomic E-state index is 6.27. The van der Waals surface area contributed by atoms with Gasteiger partial charge >= 0.3 is 0 Å². The lowest BCUT2D eigenvalue weighted by Crippen LogP contribution is -2.42. The first-order valence-electron chi connectivity index (χ1n) is 7.60. The first-order valence-corrected chi connectivity index (χ1v) is 8.36. The number of hydrogen-bond donors (Lipinski definition) is 2. The SMILES string of the molecule is NNC(Cc1ccc(Cl)cc1Cl)C1CCCCCCC1. The Labute approximate surface area is 132 Å². The largest absolute Gasteiger partial charge is 0.271 e. The van der Waals surface area contributed by atoms with E-state index in [1.54, 1.807) is 0 Å². The van der Waals surface area contributed by atoms with Gasteiger partial charge in [0.05, 0.1) is 0 Å². The summed E-state index contributed by atoms with van der Waals surface area (Å²) in [5, 5.41) is 1.42. The molecule has 2 nitrogen and oxygen atoms in total. The molecule has 2 rings (SSSR count). The lowest BCUT2D eigenvalue weighted by molar-refractivity contribution is 0.285. The minimum atomic E-state index is 0.298. The molecule has 1 aliphatic rings. The minimum absolute atomic E-state index is 0.298.